The van der Waals surface area contributed by atoms with Gasteiger partial charge in [-0.3, -0.25) is 0 Å². The first-order valence-electron chi connectivity index (χ1n) is 5.99. The van der Waals surface area contributed by atoms with Crippen LogP contribution in [0.15, 0.2) is 30.3 Å². The van der Waals surface area contributed by atoms with Crippen molar-refractivity contribution in [3.63, 3.8) is 0 Å². The molecule has 1 rings (SSSR count). The molecule has 20 heavy (non-hydrogen) atoms. The largest absolute Gasteiger partial charge is 1.00 e. The third-order valence-corrected chi connectivity index (χ3v) is 2.24. The first kappa shape index (κ1) is 18.7. The minimum atomic E-state index is -0.797. The second-order valence-electron chi connectivity index (χ2n) is 5.10. The third kappa shape index (κ3) is 8.70. The van der Waals surface area contributed by atoms with Crippen LogP contribution >= 0.6 is 0 Å². The number of carbonyl (C=O) groups excluding carboxylic acids is 2. The first-order valence-corrected chi connectivity index (χ1v) is 5.99. The predicted molar refractivity (Wildman–Crippen MR) is 71.9 cm³/mol. The summed E-state index contributed by atoms with van der Waals surface area (Å²) in [7, 11) is 6.05. The monoisotopic (exact) mass is 393 g/mol. The Labute approximate surface area is 136 Å². The molecule has 0 aromatic heterocycles. The van der Waals surface area contributed by atoms with Gasteiger partial charge in [-0.1, -0.05) is 18.2 Å². The minimum absolute atomic E-state index is 0. The number of benzene rings is 1. The van der Waals surface area contributed by atoms with Gasteiger partial charge in [-0.2, -0.15) is 0 Å². The Balaban J connectivity index is 0.00000361. The summed E-state index contributed by atoms with van der Waals surface area (Å²) in [5, 5.41) is 4.69. The summed E-state index contributed by atoms with van der Waals surface area (Å²) in [5.41, 5.74) is 0. The fraction of sp³-hybridized carbons (Fsp3) is 0.385. The summed E-state index contributed by atoms with van der Waals surface area (Å²) in [6, 6.07) is 7.99. The number of para-hydroxylation sites is 1. The van der Waals surface area contributed by atoms with E-state index in [9.17, 15) is 9.59 Å². The maximum Gasteiger partial charge on any atom is 0.420 e. The van der Waals surface area contributed by atoms with E-state index in [2.05, 4.69) is 10.6 Å². The van der Waals surface area contributed by atoms with Crippen molar-refractivity contribution in [3.05, 3.63) is 30.3 Å². The highest BCUT2D eigenvalue weighted by Crippen LogP contribution is 2.07. The molecule has 0 saturated heterocycles. The number of hydrogen-bond acceptors (Lipinski definition) is 3. The zero-order valence-electron chi connectivity index (χ0n) is 11.9. The van der Waals surface area contributed by atoms with Crippen LogP contribution in [0.5, 0.6) is 5.75 Å². The number of amides is 3. The van der Waals surface area contributed by atoms with Crippen LogP contribution in [0.1, 0.15) is 0 Å². The lowest BCUT2D eigenvalue weighted by molar-refractivity contribution is -0.869. The van der Waals surface area contributed by atoms with Gasteiger partial charge in [-0.05, 0) is 12.1 Å². The molecule has 0 radical (unpaired) electrons. The van der Waals surface area contributed by atoms with E-state index in [1.54, 1.807) is 24.3 Å². The molecular weight excluding hydrogens is 373 g/mol. The lowest BCUT2D eigenvalue weighted by Gasteiger charge is -2.23. The van der Waals surface area contributed by atoms with Crippen molar-refractivity contribution in [3.8, 4) is 5.75 Å². The van der Waals surface area contributed by atoms with Gasteiger partial charge in [0.1, 0.15) is 5.75 Å². The normalized spacial score (nSPS) is 10.2. The van der Waals surface area contributed by atoms with E-state index < -0.39 is 12.1 Å². The highest BCUT2D eigenvalue weighted by molar-refractivity contribution is 5.91. The summed E-state index contributed by atoms with van der Waals surface area (Å²) >= 11 is 0. The van der Waals surface area contributed by atoms with Crippen molar-refractivity contribution in [2.45, 2.75) is 0 Å². The number of quaternary nitrogens is 1. The maximum absolute atomic E-state index is 11.4. The Morgan fingerprint density at radius 1 is 1.15 bits per heavy atom. The smallest absolute Gasteiger partial charge is 0.420 e. The van der Waals surface area contributed by atoms with Crippen LogP contribution in [0.2, 0.25) is 0 Å². The Hall–Kier alpha value is -1.35. The van der Waals surface area contributed by atoms with Crippen molar-refractivity contribution in [1.29, 1.82) is 0 Å². The number of likely N-dealkylation sites (N-methyl/N-ethyl adjacent to an activating group) is 1. The Kier molecular flexibility index (Phi) is 8.16. The Bertz CT molecular complexity index is 432. The van der Waals surface area contributed by atoms with Crippen LogP contribution in [-0.4, -0.2) is 50.8 Å². The zero-order chi connectivity index (χ0) is 14.3. The van der Waals surface area contributed by atoms with Gasteiger partial charge < -0.3 is 38.5 Å². The number of imide groups is 1. The van der Waals surface area contributed by atoms with Crippen molar-refractivity contribution < 1.29 is 42.8 Å². The molecule has 0 heterocycles. The van der Waals surface area contributed by atoms with Crippen molar-refractivity contribution in [2.75, 3.05) is 34.2 Å². The van der Waals surface area contributed by atoms with E-state index in [0.717, 1.165) is 11.0 Å². The topological polar surface area (TPSA) is 67.4 Å². The molecule has 0 aliphatic rings. The molecule has 0 aliphatic heterocycles. The number of rotatable bonds is 4. The summed E-state index contributed by atoms with van der Waals surface area (Å²) < 4.78 is 5.65. The summed E-state index contributed by atoms with van der Waals surface area (Å²) in [6.45, 7) is 1.25. The molecule has 0 fully saturated rings. The van der Waals surface area contributed by atoms with E-state index in [4.69, 9.17) is 4.74 Å². The molecular formula is C13H20IN3O3. The van der Waals surface area contributed by atoms with Gasteiger partial charge in [-0.25, -0.2) is 14.9 Å². The van der Waals surface area contributed by atoms with E-state index >= 15 is 0 Å². The molecule has 0 saturated carbocycles. The van der Waals surface area contributed by atoms with Crippen molar-refractivity contribution in [1.82, 2.24) is 10.6 Å². The van der Waals surface area contributed by atoms with Crippen LogP contribution in [0, 0.1) is 0 Å². The average molecular weight is 393 g/mol. The molecule has 6 nitrogen and oxygen atoms in total. The highest BCUT2D eigenvalue weighted by Gasteiger charge is 2.11. The number of carbonyl (C=O) groups is 2. The van der Waals surface area contributed by atoms with E-state index in [-0.39, 0.29) is 24.0 Å². The number of hydrogen-bond donors (Lipinski definition) is 2. The second-order valence-corrected chi connectivity index (χ2v) is 5.10. The van der Waals surface area contributed by atoms with Crippen LogP contribution in [0.4, 0.5) is 9.59 Å². The van der Waals surface area contributed by atoms with Gasteiger partial charge in [0.25, 0.3) is 0 Å². The molecule has 1 aromatic carbocycles. The number of nitrogens with one attached hydrogen (secondary N) is 2. The standard InChI is InChI=1S/C13H19N3O3.HI/c1-16(2,3)10-9-14-12(17)15-13(18)19-11-7-5-4-6-8-11;/h4-8H,9-10H2,1-3H3,(H-,14,15,17,18);1H. The van der Waals surface area contributed by atoms with Gasteiger partial charge in [-0.15, -0.1) is 0 Å². The van der Waals surface area contributed by atoms with Crippen molar-refractivity contribution >= 4 is 12.1 Å². The highest BCUT2D eigenvalue weighted by atomic mass is 127. The lowest BCUT2D eigenvalue weighted by atomic mass is 10.3. The number of nitrogens with zero attached hydrogens (tertiary/aromatic N) is 1. The zero-order valence-corrected chi connectivity index (χ0v) is 14.0. The lowest BCUT2D eigenvalue weighted by Crippen LogP contribution is -3.00. The number of urea groups is 1. The van der Waals surface area contributed by atoms with Gasteiger partial charge in [0.2, 0.25) is 0 Å². The molecule has 7 heteroatoms. The molecule has 0 spiro atoms. The van der Waals surface area contributed by atoms with Crippen LogP contribution < -0.4 is 39.3 Å². The molecule has 0 aliphatic carbocycles. The summed E-state index contributed by atoms with van der Waals surface area (Å²) in [5.74, 6) is 0.388. The molecule has 0 unspecified atom stereocenters. The predicted octanol–water partition coefficient (Wildman–Crippen LogP) is -1.81. The second kappa shape index (κ2) is 8.75. The molecule has 0 bridgehead atoms. The molecule has 112 valence electrons. The molecule has 1 aromatic rings. The first-order chi connectivity index (χ1) is 8.87. The Morgan fingerprint density at radius 2 is 1.75 bits per heavy atom. The van der Waals surface area contributed by atoms with Gasteiger partial charge in [0.15, 0.2) is 0 Å². The number of ether oxygens (including phenoxy) is 1. The summed E-state index contributed by atoms with van der Waals surface area (Å²) in [6.07, 6.45) is -0.797. The molecule has 3 amide bonds. The number of halogens is 1. The van der Waals surface area contributed by atoms with Crippen molar-refractivity contribution in [2.24, 2.45) is 0 Å². The van der Waals surface area contributed by atoms with Gasteiger partial charge >= 0.3 is 12.1 Å². The van der Waals surface area contributed by atoms with Crippen LogP contribution in [0.3, 0.4) is 0 Å². The molecule has 2 N–H and O–H groups in total. The van der Waals surface area contributed by atoms with Gasteiger partial charge in [0, 0.05) is 0 Å². The maximum atomic E-state index is 11.4. The fourth-order valence-electron chi connectivity index (χ4n) is 1.26. The average Bonchev–Trinajstić information content (AvgIpc) is 2.28. The Morgan fingerprint density at radius 3 is 2.30 bits per heavy atom. The van der Waals surface area contributed by atoms with E-state index in [1.807, 2.05) is 27.2 Å². The fourth-order valence-corrected chi connectivity index (χ4v) is 1.26. The van der Waals surface area contributed by atoms with Crippen LogP contribution in [-0.2, 0) is 0 Å². The molecule has 0 atom stereocenters. The quantitative estimate of drug-likeness (QED) is 0.469. The van der Waals surface area contributed by atoms with E-state index in [0.29, 0.717) is 12.3 Å². The van der Waals surface area contributed by atoms with Crippen LogP contribution in [0.25, 0.3) is 0 Å². The third-order valence-electron chi connectivity index (χ3n) is 2.24. The van der Waals surface area contributed by atoms with E-state index in [1.165, 1.54) is 0 Å². The summed E-state index contributed by atoms with van der Waals surface area (Å²) in [4.78, 5) is 22.8. The SMILES string of the molecule is C[N+](C)(C)CCNC(=O)NC(=O)Oc1ccccc1.[I-]. The minimum Gasteiger partial charge on any atom is -1.00 e. The van der Waals surface area contributed by atoms with Gasteiger partial charge in [0.05, 0.1) is 34.2 Å².